The number of carbonyl (C=O) groups is 1. The summed E-state index contributed by atoms with van der Waals surface area (Å²) in [7, 11) is 1.40. The predicted octanol–water partition coefficient (Wildman–Crippen LogP) is 2.69. The number of furan rings is 1. The van der Waals surface area contributed by atoms with Crippen LogP contribution in [0, 0.1) is 12.7 Å². The van der Waals surface area contributed by atoms with Gasteiger partial charge in [0.05, 0.1) is 13.7 Å². The van der Waals surface area contributed by atoms with Crippen molar-refractivity contribution in [1.29, 1.82) is 0 Å². The Kier molecular flexibility index (Phi) is 5.62. The van der Waals surface area contributed by atoms with Crippen LogP contribution in [0.5, 0.6) is 5.75 Å². The van der Waals surface area contributed by atoms with E-state index in [0.29, 0.717) is 23.5 Å². The Morgan fingerprint density at radius 1 is 1.38 bits per heavy atom. The molecule has 1 unspecified atom stereocenters. The van der Waals surface area contributed by atoms with Crippen molar-refractivity contribution in [2.75, 3.05) is 13.7 Å². The summed E-state index contributed by atoms with van der Waals surface area (Å²) in [6.45, 7) is 3.40. The summed E-state index contributed by atoms with van der Waals surface area (Å²) in [5.74, 6) is 0.588. The molecular formula is C18H22FNO4. The molecule has 0 saturated carbocycles. The third kappa shape index (κ3) is 4.58. The first-order valence-corrected chi connectivity index (χ1v) is 7.70. The summed E-state index contributed by atoms with van der Waals surface area (Å²) < 4.78 is 23.8. The van der Waals surface area contributed by atoms with Gasteiger partial charge in [0.15, 0.2) is 11.6 Å². The van der Waals surface area contributed by atoms with Crippen molar-refractivity contribution in [2.45, 2.75) is 32.3 Å². The first-order chi connectivity index (χ1) is 11.3. The zero-order chi connectivity index (χ0) is 17.7. The van der Waals surface area contributed by atoms with Crippen molar-refractivity contribution in [3.63, 3.8) is 0 Å². The van der Waals surface area contributed by atoms with Crippen LogP contribution < -0.4 is 10.1 Å². The lowest BCUT2D eigenvalue weighted by molar-refractivity contribution is -0.122. The molecule has 1 aromatic heterocycles. The molecule has 0 aliphatic rings. The number of methoxy groups -OCH3 is 1. The van der Waals surface area contributed by atoms with Gasteiger partial charge in [0.1, 0.15) is 17.1 Å². The molecule has 1 atom stereocenters. The molecule has 2 aromatic rings. The van der Waals surface area contributed by atoms with E-state index in [4.69, 9.17) is 9.15 Å². The first-order valence-electron chi connectivity index (χ1n) is 7.70. The first kappa shape index (κ1) is 18.0. The number of aliphatic hydroxyl groups is 1. The highest BCUT2D eigenvalue weighted by atomic mass is 19.1. The molecule has 0 aliphatic heterocycles. The lowest BCUT2D eigenvalue weighted by atomic mass is 10.0. The van der Waals surface area contributed by atoms with E-state index in [1.54, 1.807) is 32.0 Å². The predicted molar refractivity (Wildman–Crippen MR) is 87.3 cm³/mol. The summed E-state index contributed by atoms with van der Waals surface area (Å²) in [5, 5.41) is 13.0. The van der Waals surface area contributed by atoms with Crippen molar-refractivity contribution in [1.82, 2.24) is 5.32 Å². The smallest absolute Gasteiger partial charge is 0.220 e. The molecule has 130 valence electrons. The molecule has 0 bridgehead atoms. The summed E-state index contributed by atoms with van der Waals surface area (Å²) in [6, 6.07) is 8.04. The molecule has 24 heavy (non-hydrogen) atoms. The maximum Gasteiger partial charge on any atom is 0.220 e. The average Bonchev–Trinajstić information content (AvgIpc) is 2.98. The van der Waals surface area contributed by atoms with Crippen LogP contribution >= 0.6 is 0 Å². The van der Waals surface area contributed by atoms with Crippen LogP contribution in [-0.4, -0.2) is 24.7 Å². The fraction of sp³-hybridized carbons (Fsp3) is 0.389. The lowest BCUT2D eigenvalue weighted by Crippen LogP contribution is -2.38. The summed E-state index contributed by atoms with van der Waals surface area (Å²) in [5.41, 5.74) is -0.576. The van der Waals surface area contributed by atoms with E-state index >= 15 is 0 Å². The molecule has 5 nitrogen and oxygen atoms in total. The molecule has 2 rings (SSSR count). The molecule has 1 aromatic carbocycles. The fourth-order valence-corrected chi connectivity index (χ4v) is 2.29. The van der Waals surface area contributed by atoms with Gasteiger partial charge in [0.25, 0.3) is 0 Å². The minimum absolute atomic E-state index is 0.0375. The number of amides is 1. The van der Waals surface area contributed by atoms with Gasteiger partial charge in [-0.3, -0.25) is 4.79 Å². The molecular weight excluding hydrogens is 313 g/mol. The maximum absolute atomic E-state index is 13.6. The minimum Gasteiger partial charge on any atom is -0.494 e. The van der Waals surface area contributed by atoms with Gasteiger partial charge < -0.3 is 19.6 Å². The Labute approximate surface area is 140 Å². The largest absolute Gasteiger partial charge is 0.494 e. The van der Waals surface area contributed by atoms with E-state index in [-0.39, 0.29) is 24.6 Å². The highest BCUT2D eigenvalue weighted by molar-refractivity contribution is 5.76. The summed E-state index contributed by atoms with van der Waals surface area (Å²) in [4.78, 5) is 11.9. The monoisotopic (exact) mass is 335 g/mol. The maximum atomic E-state index is 13.6. The second kappa shape index (κ2) is 7.49. The molecule has 1 heterocycles. The SMILES string of the molecule is COc1ccc(CCC(=O)NCC(C)(O)c2ccc(C)o2)cc1F. The van der Waals surface area contributed by atoms with Crippen LogP contribution in [0.2, 0.25) is 0 Å². The normalized spacial score (nSPS) is 13.4. The number of halogens is 1. The number of rotatable bonds is 7. The van der Waals surface area contributed by atoms with Gasteiger partial charge in [0, 0.05) is 6.42 Å². The Hall–Kier alpha value is -2.34. The second-order valence-electron chi connectivity index (χ2n) is 5.93. The van der Waals surface area contributed by atoms with Crippen LogP contribution in [-0.2, 0) is 16.8 Å². The van der Waals surface area contributed by atoms with Gasteiger partial charge in [0.2, 0.25) is 5.91 Å². The average molecular weight is 335 g/mol. The molecule has 0 aliphatic carbocycles. The van der Waals surface area contributed by atoms with Gasteiger partial charge in [-0.25, -0.2) is 4.39 Å². The third-order valence-electron chi connectivity index (χ3n) is 3.76. The number of benzene rings is 1. The molecule has 0 fully saturated rings. The van der Waals surface area contributed by atoms with Gasteiger partial charge >= 0.3 is 0 Å². The quantitative estimate of drug-likeness (QED) is 0.816. The zero-order valence-electron chi connectivity index (χ0n) is 14.1. The Bertz CT molecular complexity index is 709. The Morgan fingerprint density at radius 2 is 2.12 bits per heavy atom. The summed E-state index contributed by atoms with van der Waals surface area (Å²) >= 11 is 0. The number of hydrogen-bond donors (Lipinski definition) is 2. The zero-order valence-corrected chi connectivity index (χ0v) is 14.1. The highest BCUT2D eigenvalue weighted by Gasteiger charge is 2.27. The van der Waals surface area contributed by atoms with Gasteiger partial charge in [-0.05, 0) is 50.1 Å². The van der Waals surface area contributed by atoms with Crippen LogP contribution in [0.25, 0.3) is 0 Å². The van der Waals surface area contributed by atoms with Crippen LogP contribution in [0.15, 0.2) is 34.7 Å². The van der Waals surface area contributed by atoms with Gasteiger partial charge in [-0.15, -0.1) is 0 Å². The molecule has 0 radical (unpaired) electrons. The lowest BCUT2D eigenvalue weighted by Gasteiger charge is -2.21. The van der Waals surface area contributed by atoms with Gasteiger partial charge in [-0.2, -0.15) is 0 Å². The van der Waals surface area contributed by atoms with Crippen LogP contribution in [0.3, 0.4) is 0 Å². The molecule has 0 saturated heterocycles. The van der Waals surface area contributed by atoms with E-state index < -0.39 is 11.4 Å². The Morgan fingerprint density at radius 3 is 2.71 bits per heavy atom. The van der Waals surface area contributed by atoms with Crippen molar-refractivity contribution in [3.8, 4) is 5.75 Å². The topological polar surface area (TPSA) is 71.7 Å². The van der Waals surface area contributed by atoms with Crippen molar-refractivity contribution in [2.24, 2.45) is 0 Å². The van der Waals surface area contributed by atoms with E-state index in [1.807, 2.05) is 0 Å². The number of nitrogens with one attached hydrogen (secondary N) is 1. The van der Waals surface area contributed by atoms with E-state index in [9.17, 15) is 14.3 Å². The van der Waals surface area contributed by atoms with Crippen molar-refractivity contribution in [3.05, 3.63) is 53.2 Å². The molecule has 1 amide bonds. The second-order valence-corrected chi connectivity index (χ2v) is 5.93. The fourth-order valence-electron chi connectivity index (χ4n) is 2.29. The standard InChI is InChI=1S/C18H22FNO4/c1-12-4-8-16(24-12)18(2,22)11-20-17(21)9-6-13-5-7-15(23-3)14(19)10-13/h4-5,7-8,10,22H,6,9,11H2,1-3H3,(H,20,21). The van der Waals surface area contributed by atoms with Crippen molar-refractivity contribution >= 4 is 5.91 Å². The number of hydrogen-bond acceptors (Lipinski definition) is 4. The number of ether oxygens (including phenoxy) is 1. The van der Waals surface area contributed by atoms with E-state index in [1.165, 1.54) is 19.2 Å². The third-order valence-corrected chi connectivity index (χ3v) is 3.76. The molecule has 0 spiro atoms. The number of carbonyl (C=O) groups excluding carboxylic acids is 1. The Balaban J connectivity index is 1.84. The van der Waals surface area contributed by atoms with Crippen LogP contribution in [0.4, 0.5) is 4.39 Å². The number of aryl methyl sites for hydroxylation is 2. The van der Waals surface area contributed by atoms with E-state index in [0.717, 1.165) is 0 Å². The van der Waals surface area contributed by atoms with E-state index in [2.05, 4.69) is 5.32 Å². The minimum atomic E-state index is -1.28. The summed E-state index contributed by atoms with van der Waals surface area (Å²) in [6.07, 6.45) is 0.591. The molecule has 6 heteroatoms. The van der Waals surface area contributed by atoms with Crippen molar-refractivity contribution < 1.29 is 23.4 Å². The van der Waals surface area contributed by atoms with Gasteiger partial charge in [-0.1, -0.05) is 6.07 Å². The molecule has 2 N–H and O–H groups in total. The van der Waals surface area contributed by atoms with Crippen LogP contribution in [0.1, 0.15) is 30.4 Å². The highest BCUT2D eigenvalue weighted by Crippen LogP contribution is 2.22.